The van der Waals surface area contributed by atoms with Crippen LogP contribution in [0.15, 0.2) is 35.2 Å². The predicted molar refractivity (Wildman–Crippen MR) is 52.5 cm³/mol. The highest BCUT2D eigenvalue weighted by molar-refractivity contribution is 7.98. The first-order valence-electron chi connectivity index (χ1n) is 4.11. The summed E-state index contributed by atoms with van der Waals surface area (Å²) in [5, 5.41) is 2.46. The van der Waals surface area contributed by atoms with Gasteiger partial charge in [-0.3, -0.25) is 4.79 Å². The van der Waals surface area contributed by atoms with Crippen molar-refractivity contribution in [3.63, 3.8) is 0 Å². The number of urea groups is 1. The molecule has 0 radical (unpaired) electrons. The van der Waals surface area contributed by atoms with Gasteiger partial charge in [0.1, 0.15) is 6.54 Å². The van der Waals surface area contributed by atoms with Crippen LogP contribution in [0.25, 0.3) is 0 Å². The monoisotopic (exact) mass is 208 g/mol. The molecule has 0 saturated carbocycles. The first kappa shape index (κ1) is 9.08. The second-order valence-corrected chi connectivity index (χ2v) is 3.77. The molecule has 1 aromatic rings. The van der Waals surface area contributed by atoms with Gasteiger partial charge in [0.2, 0.25) is 0 Å². The molecule has 14 heavy (non-hydrogen) atoms. The summed E-state index contributed by atoms with van der Waals surface area (Å²) in [6.45, 7) is 0.0959. The second-order valence-electron chi connectivity index (χ2n) is 2.75. The van der Waals surface area contributed by atoms with E-state index in [0.29, 0.717) is 0 Å². The van der Waals surface area contributed by atoms with Gasteiger partial charge in [-0.2, -0.15) is 4.31 Å². The van der Waals surface area contributed by atoms with E-state index in [0.717, 1.165) is 21.1 Å². The minimum atomic E-state index is -0.344. The van der Waals surface area contributed by atoms with E-state index in [-0.39, 0.29) is 18.5 Å². The molecule has 72 valence electrons. The molecule has 5 heteroatoms. The molecule has 0 aliphatic carbocycles. The van der Waals surface area contributed by atoms with E-state index in [1.54, 1.807) is 0 Å². The SMILES string of the molecule is O=C1CNC(=O)N1Sc1ccccc1. The Bertz CT molecular complexity index is 350. The number of hydrogen-bond acceptors (Lipinski definition) is 3. The van der Waals surface area contributed by atoms with E-state index in [4.69, 9.17) is 0 Å². The number of nitrogens with one attached hydrogen (secondary N) is 1. The summed E-state index contributed by atoms with van der Waals surface area (Å²) in [5.74, 6) is -0.205. The molecule has 1 aliphatic rings. The molecule has 1 N–H and O–H groups in total. The number of benzene rings is 1. The minimum Gasteiger partial charge on any atom is -0.328 e. The van der Waals surface area contributed by atoms with E-state index >= 15 is 0 Å². The smallest absolute Gasteiger partial charge is 0.328 e. The maximum absolute atomic E-state index is 11.2. The molecule has 0 aromatic heterocycles. The Labute approximate surface area is 85.4 Å². The average Bonchev–Trinajstić information content (AvgIpc) is 2.51. The summed E-state index contributed by atoms with van der Waals surface area (Å²) >= 11 is 1.14. The third-order valence-corrected chi connectivity index (χ3v) is 2.78. The lowest BCUT2D eigenvalue weighted by Crippen LogP contribution is -2.23. The van der Waals surface area contributed by atoms with Crippen LogP contribution in [0.5, 0.6) is 0 Å². The van der Waals surface area contributed by atoms with Crippen LogP contribution in [0.1, 0.15) is 0 Å². The van der Waals surface area contributed by atoms with Crippen molar-refractivity contribution >= 4 is 23.9 Å². The van der Waals surface area contributed by atoms with Crippen LogP contribution in [0, 0.1) is 0 Å². The van der Waals surface area contributed by atoms with Crippen molar-refractivity contribution in [3.05, 3.63) is 30.3 Å². The Morgan fingerprint density at radius 3 is 2.50 bits per heavy atom. The van der Waals surface area contributed by atoms with E-state index in [1.165, 1.54) is 0 Å². The van der Waals surface area contributed by atoms with E-state index < -0.39 is 0 Å². The topological polar surface area (TPSA) is 49.4 Å². The quantitative estimate of drug-likeness (QED) is 0.587. The van der Waals surface area contributed by atoms with Crippen LogP contribution in [-0.4, -0.2) is 22.8 Å². The van der Waals surface area contributed by atoms with Gasteiger partial charge in [-0.15, -0.1) is 0 Å². The van der Waals surface area contributed by atoms with E-state index in [2.05, 4.69) is 5.32 Å². The van der Waals surface area contributed by atoms with Crippen molar-refractivity contribution in [2.45, 2.75) is 4.90 Å². The number of rotatable bonds is 2. The van der Waals surface area contributed by atoms with E-state index in [1.807, 2.05) is 30.3 Å². The molecule has 1 heterocycles. The van der Waals surface area contributed by atoms with Crippen molar-refractivity contribution in [1.82, 2.24) is 9.62 Å². The molecule has 2 rings (SSSR count). The van der Waals surface area contributed by atoms with Crippen molar-refractivity contribution < 1.29 is 9.59 Å². The van der Waals surface area contributed by atoms with Crippen LogP contribution in [0.3, 0.4) is 0 Å². The van der Waals surface area contributed by atoms with Crippen LogP contribution >= 0.6 is 11.9 Å². The first-order valence-corrected chi connectivity index (χ1v) is 4.88. The van der Waals surface area contributed by atoms with Gasteiger partial charge in [-0.1, -0.05) is 18.2 Å². The van der Waals surface area contributed by atoms with Crippen LogP contribution < -0.4 is 5.32 Å². The average molecular weight is 208 g/mol. The Balaban J connectivity index is 2.11. The summed E-state index contributed by atoms with van der Waals surface area (Å²) in [6, 6.07) is 8.97. The summed E-state index contributed by atoms with van der Waals surface area (Å²) < 4.78 is 1.13. The standard InChI is InChI=1S/C9H8N2O2S/c12-8-6-10-9(13)11(8)14-7-4-2-1-3-5-7/h1-5H,6H2,(H,10,13). The number of imide groups is 1. The highest BCUT2D eigenvalue weighted by Crippen LogP contribution is 2.23. The molecule has 0 atom stereocenters. The molecule has 1 aromatic carbocycles. The Morgan fingerprint density at radius 1 is 1.21 bits per heavy atom. The minimum absolute atomic E-state index is 0.0959. The summed E-state index contributed by atoms with van der Waals surface area (Å²) in [5.41, 5.74) is 0. The lowest BCUT2D eigenvalue weighted by molar-refractivity contribution is -0.121. The Kier molecular flexibility index (Phi) is 2.41. The normalized spacial score (nSPS) is 15.9. The molecule has 1 fully saturated rings. The zero-order chi connectivity index (χ0) is 9.97. The van der Waals surface area contributed by atoms with Gasteiger partial charge in [0, 0.05) is 4.90 Å². The molecule has 1 aliphatic heterocycles. The largest absolute Gasteiger partial charge is 0.335 e. The van der Waals surface area contributed by atoms with Crippen molar-refractivity contribution in [2.75, 3.05) is 6.54 Å². The van der Waals surface area contributed by atoms with Crippen molar-refractivity contribution in [1.29, 1.82) is 0 Å². The van der Waals surface area contributed by atoms with Gasteiger partial charge in [0.05, 0.1) is 0 Å². The van der Waals surface area contributed by atoms with E-state index in [9.17, 15) is 9.59 Å². The van der Waals surface area contributed by atoms with Crippen molar-refractivity contribution in [2.24, 2.45) is 0 Å². The van der Waals surface area contributed by atoms with Crippen LogP contribution in [0.4, 0.5) is 4.79 Å². The van der Waals surface area contributed by atoms with Gasteiger partial charge in [-0.25, -0.2) is 4.79 Å². The molecule has 0 spiro atoms. The first-order chi connectivity index (χ1) is 6.77. The number of hydrogen-bond donors (Lipinski definition) is 1. The zero-order valence-corrected chi connectivity index (χ0v) is 8.08. The van der Waals surface area contributed by atoms with Crippen molar-refractivity contribution in [3.8, 4) is 0 Å². The highest BCUT2D eigenvalue weighted by Gasteiger charge is 2.29. The second kappa shape index (κ2) is 3.71. The molecule has 3 amide bonds. The number of carbonyl (C=O) groups is 2. The summed E-state index contributed by atoms with van der Waals surface area (Å²) in [7, 11) is 0. The Morgan fingerprint density at radius 2 is 1.93 bits per heavy atom. The highest BCUT2D eigenvalue weighted by atomic mass is 32.2. The number of carbonyl (C=O) groups excluding carboxylic acids is 2. The maximum Gasteiger partial charge on any atom is 0.335 e. The molecule has 4 nitrogen and oxygen atoms in total. The summed E-state index contributed by atoms with van der Waals surface area (Å²) in [4.78, 5) is 23.2. The fourth-order valence-electron chi connectivity index (χ4n) is 1.09. The molecule has 0 bridgehead atoms. The fraction of sp³-hybridized carbons (Fsp3) is 0.111. The third kappa shape index (κ3) is 1.72. The molecule has 1 saturated heterocycles. The maximum atomic E-state index is 11.2. The van der Waals surface area contributed by atoms with Crippen LogP contribution in [-0.2, 0) is 4.79 Å². The molecular weight excluding hydrogens is 200 g/mol. The Hall–Kier alpha value is -1.49. The fourth-order valence-corrected chi connectivity index (χ4v) is 1.89. The number of nitrogens with zero attached hydrogens (tertiary/aromatic N) is 1. The van der Waals surface area contributed by atoms with Gasteiger partial charge < -0.3 is 5.32 Å². The predicted octanol–water partition coefficient (Wildman–Crippen LogP) is 1.25. The third-order valence-electron chi connectivity index (χ3n) is 1.74. The van der Waals surface area contributed by atoms with Crippen LogP contribution in [0.2, 0.25) is 0 Å². The lowest BCUT2D eigenvalue weighted by atomic mass is 10.4. The van der Waals surface area contributed by atoms with Gasteiger partial charge in [-0.05, 0) is 24.1 Å². The van der Waals surface area contributed by atoms with Gasteiger partial charge in [0.15, 0.2) is 0 Å². The zero-order valence-electron chi connectivity index (χ0n) is 7.27. The lowest BCUT2D eigenvalue weighted by Gasteiger charge is -2.09. The number of amides is 3. The molecular formula is C9H8N2O2S. The van der Waals surface area contributed by atoms with Gasteiger partial charge in [0.25, 0.3) is 5.91 Å². The molecule has 0 unspecified atom stereocenters. The summed E-state index contributed by atoms with van der Waals surface area (Å²) in [6.07, 6.45) is 0. The van der Waals surface area contributed by atoms with Gasteiger partial charge >= 0.3 is 6.03 Å².